The highest BCUT2D eigenvalue weighted by Gasteiger charge is 2.11. The van der Waals surface area contributed by atoms with Gasteiger partial charge in [-0.15, -0.1) is 0 Å². The molecule has 2 nitrogen and oxygen atoms in total. The van der Waals surface area contributed by atoms with Gasteiger partial charge < -0.3 is 10.2 Å². The van der Waals surface area contributed by atoms with Crippen molar-refractivity contribution in [2.45, 2.75) is 12.5 Å². The minimum Gasteiger partial charge on any atom is -0.394 e. The maximum absolute atomic E-state index is 12.9. The van der Waals surface area contributed by atoms with Crippen molar-refractivity contribution in [2.75, 3.05) is 6.61 Å². The van der Waals surface area contributed by atoms with Crippen molar-refractivity contribution in [3.8, 4) is 0 Å². The third-order valence-corrected chi connectivity index (χ3v) is 2.09. The monoisotopic (exact) mass is 222 g/mol. The average Bonchev–Trinajstić information content (AvgIpc) is 2.14. The molecule has 0 spiro atoms. The van der Waals surface area contributed by atoms with Gasteiger partial charge in [-0.3, -0.25) is 0 Å². The first-order chi connectivity index (χ1) is 6.54. The average molecular weight is 223 g/mol. The number of hydrogen-bond donors (Lipinski definition) is 2. The topological polar surface area (TPSA) is 40.5 Å². The van der Waals surface area contributed by atoms with Crippen LogP contribution in [-0.2, 0) is 6.42 Å². The zero-order valence-corrected chi connectivity index (χ0v) is 7.93. The SMILES string of the molecule is OCC(O)Cc1cc(F)c(Cl)c(F)c1. The fourth-order valence-corrected chi connectivity index (χ4v) is 1.17. The van der Waals surface area contributed by atoms with Crippen molar-refractivity contribution in [1.82, 2.24) is 0 Å². The van der Waals surface area contributed by atoms with E-state index in [9.17, 15) is 8.78 Å². The molecule has 0 amide bonds. The van der Waals surface area contributed by atoms with Crippen LogP contribution in [0.3, 0.4) is 0 Å². The van der Waals surface area contributed by atoms with E-state index in [4.69, 9.17) is 21.8 Å². The summed E-state index contributed by atoms with van der Waals surface area (Å²) in [7, 11) is 0. The predicted octanol–water partition coefficient (Wildman–Crippen LogP) is 1.51. The van der Waals surface area contributed by atoms with Crippen LogP contribution in [0.1, 0.15) is 5.56 Å². The normalized spacial score (nSPS) is 12.9. The van der Waals surface area contributed by atoms with Crippen LogP contribution in [0.5, 0.6) is 0 Å². The first-order valence-corrected chi connectivity index (χ1v) is 4.34. The highest BCUT2D eigenvalue weighted by molar-refractivity contribution is 6.30. The van der Waals surface area contributed by atoms with Gasteiger partial charge in [0.05, 0.1) is 12.7 Å². The fourth-order valence-electron chi connectivity index (χ4n) is 1.06. The van der Waals surface area contributed by atoms with Gasteiger partial charge in [0.2, 0.25) is 0 Å². The first-order valence-electron chi connectivity index (χ1n) is 3.97. The lowest BCUT2D eigenvalue weighted by atomic mass is 10.1. The molecule has 1 aromatic rings. The molecule has 0 saturated carbocycles. The zero-order chi connectivity index (χ0) is 10.7. The Kier molecular flexibility index (Phi) is 3.80. The van der Waals surface area contributed by atoms with Crippen LogP contribution in [-0.4, -0.2) is 22.9 Å². The Bertz CT molecular complexity index is 308. The summed E-state index contributed by atoms with van der Waals surface area (Å²) in [6, 6.07) is 2.06. The number of aliphatic hydroxyl groups is 2. The largest absolute Gasteiger partial charge is 0.394 e. The van der Waals surface area contributed by atoms with Crippen LogP contribution in [0, 0.1) is 11.6 Å². The Hall–Kier alpha value is -0.710. The highest BCUT2D eigenvalue weighted by atomic mass is 35.5. The molecule has 1 aromatic carbocycles. The van der Waals surface area contributed by atoms with E-state index in [1.807, 2.05) is 0 Å². The van der Waals surface area contributed by atoms with Crippen molar-refractivity contribution >= 4 is 11.6 Å². The molecular formula is C9H9ClF2O2. The lowest BCUT2D eigenvalue weighted by Gasteiger charge is -2.07. The third kappa shape index (κ3) is 2.64. The van der Waals surface area contributed by atoms with Crippen molar-refractivity contribution in [2.24, 2.45) is 0 Å². The van der Waals surface area contributed by atoms with Crippen molar-refractivity contribution in [3.05, 3.63) is 34.4 Å². The molecule has 0 heterocycles. The van der Waals surface area contributed by atoms with E-state index in [1.165, 1.54) is 0 Å². The summed E-state index contributed by atoms with van der Waals surface area (Å²) in [6.45, 7) is -0.453. The van der Waals surface area contributed by atoms with Crippen molar-refractivity contribution in [3.63, 3.8) is 0 Å². The molecule has 78 valence electrons. The van der Waals surface area contributed by atoms with Crippen molar-refractivity contribution in [1.29, 1.82) is 0 Å². The lowest BCUT2D eigenvalue weighted by Crippen LogP contribution is -2.15. The molecule has 0 saturated heterocycles. The van der Waals surface area contributed by atoms with Gasteiger partial charge in [0.25, 0.3) is 0 Å². The molecule has 0 radical (unpaired) electrons. The van der Waals surface area contributed by atoms with E-state index in [2.05, 4.69) is 0 Å². The second-order valence-electron chi connectivity index (χ2n) is 2.91. The summed E-state index contributed by atoms with van der Waals surface area (Å²) in [5.41, 5.74) is 0.256. The van der Waals surface area contributed by atoms with Gasteiger partial charge in [-0.25, -0.2) is 8.78 Å². The van der Waals surface area contributed by atoms with Gasteiger partial charge in [0, 0.05) is 6.42 Å². The van der Waals surface area contributed by atoms with Crippen LogP contribution in [0.2, 0.25) is 5.02 Å². The summed E-state index contributed by atoms with van der Waals surface area (Å²) in [4.78, 5) is 0. The van der Waals surface area contributed by atoms with Gasteiger partial charge in [-0.05, 0) is 17.7 Å². The molecule has 0 aliphatic carbocycles. The molecule has 0 fully saturated rings. The smallest absolute Gasteiger partial charge is 0.145 e. The van der Waals surface area contributed by atoms with Crippen molar-refractivity contribution < 1.29 is 19.0 Å². The standard InChI is InChI=1S/C9H9ClF2O2/c10-9-7(11)2-5(3-8(9)12)1-6(14)4-13/h2-3,6,13-14H,1,4H2. The summed E-state index contributed by atoms with van der Waals surface area (Å²) < 4.78 is 25.8. The molecule has 5 heteroatoms. The van der Waals surface area contributed by atoms with E-state index >= 15 is 0 Å². The Balaban J connectivity index is 2.89. The Morgan fingerprint density at radius 3 is 2.21 bits per heavy atom. The number of halogens is 3. The van der Waals surface area contributed by atoms with Crippen LogP contribution in [0.4, 0.5) is 8.78 Å². The van der Waals surface area contributed by atoms with Gasteiger partial charge >= 0.3 is 0 Å². The van der Waals surface area contributed by atoms with Crippen LogP contribution >= 0.6 is 11.6 Å². The number of benzene rings is 1. The second-order valence-corrected chi connectivity index (χ2v) is 3.29. The Labute approximate surface area is 84.7 Å². The molecule has 0 aliphatic heterocycles. The maximum atomic E-state index is 12.9. The summed E-state index contributed by atoms with van der Waals surface area (Å²) in [6.07, 6.45) is -1.03. The minimum absolute atomic E-state index is 0.0124. The van der Waals surface area contributed by atoms with E-state index in [1.54, 1.807) is 0 Å². The fraction of sp³-hybridized carbons (Fsp3) is 0.333. The van der Waals surface area contributed by atoms with E-state index in [-0.39, 0.29) is 12.0 Å². The molecule has 0 aromatic heterocycles. The van der Waals surface area contributed by atoms with Gasteiger partial charge in [0.15, 0.2) is 0 Å². The van der Waals surface area contributed by atoms with Crippen LogP contribution < -0.4 is 0 Å². The highest BCUT2D eigenvalue weighted by Crippen LogP contribution is 2.21. The molecule has 14 heavy (non-hydrogen) atoms. The van der Waals surface area contributed by atoms with Crippen LogP contribution in [0.15, 0.2) is 12.1 Å². The first kappa shape index (κ1) is 11.4. The summed E-state index contributed by atoms with van der Waals surface area (Å²) >= 11 is 5.26. The Morgan fingerprint density at radius 1 is 1.29 bits per heavy atom. The number of hydrogen-bond acceptors (Lipinski definition) is 2. The van der Waals surface area contributed by atoms with Gasteiger partial charge in [-0.1, -0.05) is 11.6 Å². The van der Waals surface area contributed by atoms with E-state index in [0.717, 1.165) is 12.1 Å². The molecule has 1 atom stereocenters. The minimum atomic E-state index is -1.02. The molecule has 2 N–H and O–H groups in total. The predicted molar refractivity (Wildman–Crippen MR) is 48.2 cm³/mol. The maximum Gasteiger partial charge on any atom is 0.145 e. The lowest BCUT2D eigenvalue weighted by molar-refractivity contribution is 0.0954. The third-order valence-electron chi connectivity index (χ3n) is 1.73. The van der Waals surface area contributed by atoms with Crippen LogP contribution in [0.25, 0.3) is 0 Å². The van der Waals surface area contributed by atoms with Gasteiger partial charge in [0.1, 0.15) is 16.7 Å². The van der Waals surface area contributed by atoms with E-state index in [0.29, 0.717) is 0 Å². The number of aliphatic hydroxyl groups excluding tert-OH is 2. The zero-order valence-electron chi connectivity index (χ0n) is 7.17. The molecular weight excluding hydrogens is 214 g/mol. The van der Waals surface area contributed by atoms with Gasteiger partial charge in [-0.2, -0.15) is 0 Å². The molecule has 1 rings (SSSR count). The van der Waals surface area contributed by atoms with E-state index < -0.39 is 29.4 Å². The Morgan fingerprint density at radius 2 is 1.79 bits per heavy atom. The second kappa shape index (κ2) is 4.68. The summed E-state index contributed by atoms with van der Waals surface area (Å²) in [5, 5.41) is 17.0. The molecule has 0 bridgehead atoms. The molecule has 1 unspecified atom stereocenters. The molecule has 0 aliphatic rings. The number of rotatable bonds is 3. The summed E-state index contributed by atoms with van der Waals surface area (Å²) in [5.74, 6) is -1.74. The quantitative estimate of drug-likeness (QED) is 0.762.